The first kappa shape index (κ1) is 25.2. The number of hydrogen-bond acceptors (Lipinski definition) is 5. The zero-order valence-electron chi connectivity index (χ0n) is 19.8. The highest BCUT2D eigenvalue weighted by Crippen LogP contribution is 2.34. The van der Waals surface area contributed by atoms with Crippen molar-refractivity contribution in [2.45, 2.75) is 31.7 Å². The van der Waals surface area contributed by atoms with E-state index < -0.39 is 6.04 Å². The number of methoxy groups -OCH3 is 1. The van der Waals surface area contributed by atoms with E-state index in [9.17, 15) is 9.59 Å². The number of nitrogens with zero attached hydrogens (tertiary/aromatic N) is 2. The van der Waals surface area contributed by atoms with E-state index in [2.05, 4.69) is 15.6 Å². The molecule has 0 saturated carbocycles. The molecule has 0 radical (unpaired) electrons. The van der Waals surface area contributed by atoms with Crippen LogP contribution in [0.3, 0.4) is 0 Å². The number of ether oxygens (including phenoxy) is 1. The predicted octanol–water partition coefficient (Wildman–Crippen LogP) is 4.94. The number of hydrogen-bond donors (Lipinski definition) is 3. The maximum absolute atomic E-state index is 13.0. The third kappa shape index (κ3) is 6.00. The van der Waals surface area contributed by atoms with E-state index in [1.54, 1.807) is 31.4 Å². The summed E-state index contributed by atoms with van der Waals surface area (Å²) in [7, 11) is 1.65. The summed E-state index contributed by atoms with van der Waals surface area (Å²) < 4.78 is 5.18. The number of allylic oxidation sites excluding steroid dienone is 1. The largest absolute Gasteiger partial charge is 0.384 e. The zero-order chi connectivity index (χ0) is 25.5. The quantitative estimate of drug-likeness (QED) is 0.426. The Kier molecular flexibility index (Phi) is 8.16. The van der Waals surface area contributed by atoms with E-state index in [1.165, 1.54) is 0 Å². The first-order valence-electron chi connectivity index (χ1n) is 11.6. The summed E-state index contributed by atoms with van der Waals surface area (Å²) in [5, 5.41) is 15.3. The van der Waals surface area contributed by atoms with Crippen LogP contribution in [0, 0.1) is 11.3 Å². The molecule has 0 fully saturated rings. The molecular weight excluding hydrogens is 478 g/mol. The third-order valence-corrected chi connectivity index (χ3v) is 6.15. The summed E-state index contributed by atoms with van der Waals surface area (Å²) in [5.41, 5.74) is 3.71. The lowest BCUT2D eigenvalue weighted by Crippen LogP contribution is -2.29. The van der Waals surface area contributed by atoms with Crippen LogP contribution in [0.1, 0.15) is 52.6 Å². The van der Waals surface area contributed by atoms with Crippen LogP contribution >= 0.6 is 11.6 Å². The first-order valence-corrected chi connectivity index (χ1v) is 12.0. The molecule has 2 bridgehead atoms. The van der Waals surface area contributed by atoms with Gasteiger partial charge in [-0.2, -0.15) is 5.26 Å². The minimum Gasteiger partial charge on any atom is -0.384 e. The number of H-pyrrole nitrogens is 1. The van der Waals surface area contributed by atoms with E-state index >= 15 is 0 Å². The Morgan fingerprint density at radius 2 is 2.06 bits per heavy atom. The molecule has 0 saturated heterocycles. The Bertz CT molecular complexity index is 1320. The number of anilines is 1. The highest BCUT2D eigenvalue weighted by molar-refractivity contribution is 6.32. The van der Waals surface area contributed by atoms with Crippen molar-refractivity contribution in [3.63, 3.8) is 0 Å². The van der Waals surface area contributed by atoms with Gasteiger partial charge in [0.25, 0.3) is 5.91 Å². The second-order valence-corrected chi connectivity index (χ2v) is 8.79. The Balaban J connectivity index is 1.69. The van der Waals surface area contributed by atoms with Gasteiger partial charge in [0.05, 0.1) is 30.0 Å². The van der Waals surface area contributed by atoms with Crippen molar-refractivity contribution >= 4 is 29.1 Å². The van der Waals surface area contributed by atoms with Crippen LogP contribution in [-0.4, -0.2) is 35.5 Å². The Morgan fingerprint density at radius 1 is 1.25 bits per heavy atom. The van der Waals surface area contributed by atoms with E-state index in [4.69, 9.17) is 26.6 Å². The van der Waals surface area contributed by atoms with Crippen molar-refractivity contribution in [3.8, 4) is 17.3 Å². The Labute approximate surface area is 214 Å². The molecule has 3 aromatic rings. The molecule has 2 heterocycles. The number of carbonyl (C=O) groups excluding carboxylic acids is 2. The molecule has 1 aliphatic heterocycles. The maximum atomic E-state index is 13.0. The predicted molar refractivity (Wildman–Crippen MR) is 138 cm³/mol. The summed E-state index contributed by atoms with van der Waals surface area (Å²) >= 11 is 6.58. The highest BCUT2D eigenvalue weighted by Gasteiger charge is 2.23. The van der Waals surface area contributed by atoms with Crippen LogP contribution < -0.4 is 10.6 Å². The average molecular weight is 504 g/mol. The van der Waals surface area contributed by atoms with Crippen molar-refractivity contribution in [1.29, 1.82) is 5.26 Å². The van der Waals surface area contributed by atoms with E-state index in [1.807, 2.05) is 36.4 Å². The third-order valence-electron chi connectivity index (χ3n) is 5.87. The number of aromatic amines is 1. The Morgan fingerprint density at radius 3 is 2.81 bits per heavy atom. The van der Waals surface area contributed by atoms with E-state index in [-0.39, 0.29) is 11.8 Å². The highest BCUT2D eigenvalue weighted by atomic mass is 35.5. The molecule has 0 spiro atoms. The molecule has 2 aromatic carbocycles. The number of aromatic nitrogens is 2. The number of amides is 2. The second kappa shape index (κ2) is 11.7. The molecule has 4 rings (SSSR count). The van der Waals surface area contributed by atoms with Crippen LogP contribution in [0.15, 0.2) is 54.6 Å². The molecule has 1 aliphatic rings. The van der Waals surface area contributed by atoms with Crippen LogP contribution in [0.25, 0.3) is 11.3 Å². The van der Waals surface area contributed by atoms with Gasteiger partial charge in [0, 0.05) is 24.7 Å². The van der Waals surface area contributed by atoms with Crippen molar-refractivity contribution in [3.05, 3.63) is 82.3 Å². The summed E-state index contributed by atoms with van der Waals surface area (Å²) in [6.07, 6.45) is 5.87. The lowest BCUT2D eigenvalue weighted by atomic mass is 10.0. The van der Waals surface area contributed by atoms with Gasteiger partial charge in [-0.3, -0.25) is 9.59 Å². The fourth-order valence-electron chi connectivity index (χ4n) is 3.94. The number of halogens is 1. The number of benzene rings is 2. The SMILES string of the molecule is COCCc1ccc2c(c1)NC(=O)CC/C=C/C[C@H](NC(=O)c1ccc(C#N)cc1)c1nc-2c(Cl)[nH]1. The molecule has 3 N–H and O–H groups in total. The average Bonchev–Trinajstić information content (AvgIpc) is 3.27. The van der Waals surface area contributed by atoms with Crippen LogP contribution in [0.5, 0.6) is 0 Å². The van der Waals surface area contributed by atoms with E-state index in [0.29, 0.717) is 71.3 Å². The summed E-state index contributed by atoms with van der Waals surface area (Å²) in [6.45, 7) is 0.561. The number of nitriles is 1. The lowest BCUT2D eigenvalue weighted by molar-refractivity contribution is -0.116. The van der Waals surface area contributed by atoms with E-state index in [0.717, 1.165) is 5.56 Å². The topological polar surface area (TPSA) is 120 Å². The smallest absolute Gasteiger partial charge is 0.251 e. The van der Waals surface area contributed by atoms with Crippen molar-refractivity contribution in [1.82, 2.24) is 15.3 Å². The van der Waals surface area contributed by atoms with Gasteiger partial charge in [-0.1, -0.05) is 35.9 Å². The lowest BCUT2D eigenvalue weighted by Gasteiger charge is -2.15. The van der Waals surface area contributed by atoms with Crippen LogP contribution in [0.2, 0.25) is 5.15 Å². The minimum atomic E-state index is -0.482. The first-order chi connectivity index (χ1) is 17.5. The fraction of sp³-hybridized carbons (Fsp3) is 0.259. The van der Waals surface area contributed by atoms with Crippen LogP contribution in [0.4, 0.5) is 5.69 Å². The van der Waals surface area contributed by atoms with Gasteiger partial charge in [-0.15, -0.1) is 0 Å². The van der Waals surface area contributed by atoms with Crippen molar-refractivity contribution in [2.75, 3.05) is 19.0 Å². The summed E-state index contributed by atoms with van der Waals surface area (Å²) in [5.74, 6) is 0.0968. The molecule has 0 aliphatic carbocycles. The molecule has 184 valence electrons. The minimum absolute atomic E-state index is 0.110. The molecule has 8 nitrogen and oxygen atoms in total. The van der Waals surface area contributed by atoms with Gasteiger partial charge >= 0.3 is 0 Å². The second-order valence-electron chi connectivity index (χ2n) is 8.42. The number of rotatable bonds is 5. The summed E-state index contributed by atoms with van der Waals surface area (Å²) in [4.78, 5) is 33.4. The zero-order valence-corrected chi connectivity index (χ0v) is 20.6. The maximum Gasteiger partial charge on any atom is 0.251 e. The van der Waals surface area contributed by atoms with Crippen molar-refractivity contribution < 1.29 is 14.3 Å². The molecular formula is C27H26ClN5O3. The van der Waals surface area contributed by atoms with Gasteiger partial charge in [0.15, 0.2) is 0 Å². The molecule has 9 heteroatoms. The molecule has 1 aromatic heterocycles. The normalized spacial score (nSPS) is 16.4. The fourth-order valence-corrected chi connectivity index (χ4v) is 4.18. The molecule has 2 amide bonds. The number of fused-ring (bicyclic) bond motifs is 4. The van der Waals surface area contributed by atoms with Crippen LogP contribution in [-0.2, 0) is 16.0 Å². The van der Waals surface area contributed by atoms with Crippen molar-refractivity contribution in [2.24, 2.45) is 0 Å². The monoisotopic (exact) mass is 503 g/mol. The van der Waals surface area contributed by atoms with Gasteiger partial charge in [0.1, 0.15) is 16.7 Å². The number of imidazole rings is 1. The summed E-state index contributed by atoms with van der Waals surface area (Å²) in [6, 6.07) is 13.7. The van der Waals surface area contributed by atoms with Gasteiger partial charge in [-0.25, -0.2) is 4.98 Å². The Hall–Kier alpha value is -3.93. The molecule has 36 heavy (non-hydrogen) atoms. The standard InChI is InChI=1S/C27H26ClN5O3/c1-36-14-13-17-9-12-20-22(15-17)30-23(34)6-4-2-3-5-21(26-32-24(20)25(28)33-26)31-27(35)19-10-7-18(16-29)8-11-19/h2-3,7-12,15,21H,4-6,13-14H2,1H3,(H,30,34)(H,31,35)(H,32,33)/b3-2+/t21-/m0/s1. The number of nitrogens with one attached hydrogen (secondary N) is 3. The van der Waals surface area contributed by atoms with Gasteiger partial charge < -0.3 is 20.4 Å². The number of carbonyl (C=O) groups is 2. The molecule has 1 atom stereocenters. The van der Waals surface area contributed by atoms with Gasteiger partial charge in [0.2, 0.25) is 5.91 Å². The van der Waals surface area contributed by atoms with Gasteiger partial charge in [-0.05, 0) is 55.2 Å². The molecule has 0 unspecified atom stereocenters.